The van der Waals surface area contributed by atoms with E-state index in [4.69, 9.17) is 10.6 Å². The molecule has 2 heterocycles. The molecular formula is C13H23N5O. The van der Waals surface area contributed by atoms with Gasteiger partial charge in [0.1, 0.15) is 17.5 Å². The number of hydrogen-bond acceptors (Lipinski definition) is 6. The molecule has 1 aliphatic heterocycles. The Balaban J connectivity index is 2.04. The molecule has 6 nitrogen and oxygen atoms in total. The van der Waals surface area contributed by atoms with Crippen molar-refractivity contribution in [3.63, 3.8) is 0 Å². The minimum atomic E-state index is 0.266. The van der Waals surface area contributed by atoms with Crippen LogP contribution in [0.2, 0.25) is 0 Å². The standard InChI is InChI=1S/C13H23N5O/c1-8(2)13-16-11(6-12(17-13)18-14)15-7-10-4-5-19-9(10)3/h6,8-10H,4-5,7,14H2,1-3H3,(H2,15,16,17,18). The molecule has 6 heteroatoms. The molecule has 0 radical (unpaired) electrons. The van der Waals surface area contributed by atoms with Gasteiger partial charge in [0, 0.05) is 31.1 Å². The summed E-state index contributed by atoms with van der Waals surface area (Å²) in [4.78, 5) is 8.84. The third-order valence-electron chi connectivity index (χ3n) is 3.49. The SMILES string of the molecule is CC(C)c1nc(NN)cc(NCC2CCOC2C)n1. The Bertz CT molecular complexity index is 423. The predicted molar refractivity (Wildman–Crippen MR) is 75.9 cm³/mol. The van der Waals surface area contributed by atoms with E-state index in [1.54, 1.807) is 0 Å². The minimum absolute atomic E-state index is 0.266. The maximum Gasteiger partial charge on any atom is 0.145 e. The van der Waals surface area contributed by atoms with Gasteiger partial charge in [-0.2, -0.15) is 0 Å². The fraction of sp³-hybridized carbons (Fsp3) is 0.692. The average Bonchev–Trinajstić information content (AvgIpc) is 2.81. The molecule has 0 saturated carbocycles. The van der Waals surface area contributed by atoms with Crippen molar-refractivity contribution in [2.75, 3.05) is 23.9 Å². The van der Waals surface area contributed by atoms with Crippen LogP contribution in [0.4, 0.5) is 11.6 Å². The topological polar surface area (TPSA) is 85.1 Å². The molecule has 19 heavy (non-hydrogen) atoms. The van der Waals surface area contributed by atoms with Crippen molar-refractivity contribution in [3.05, 3.63) is 11.9 Å². The Morgan fingerprint density at radius 3 is 2.74 bits per heavy atom. The van der Waals surface area contributed by atoms with Crippen molar-refractivity contribution in [1.29, 1.82) is 0 Å². The number of nitrogens with one attached hydrogen (secondary N) is 2. The first-order valence-corrected chi connectivity index (χ1v) is 6.81. The lowest BCUT2D eigenvalue weighted by Gasteiger charge is -2.16. The van der Waals surface area contributed by atoms with Gasteiger partial charge in [-0.05, 0) is 13.3 Å². The van der Waals surface area contributed by atoms with Gasteiger partial charge >= 0.3 is 0 Å². The largest absolute Gasteiger partial charge is 0.378 e. The predicted octanol–water partition coefficient (Wildman–Crippen LogP) is 1.72. The monoisotopic (exact) mass is 265 g/mol. The fourth-order valence-corrected chi connectivity index (χ4v) is 2.17. The third-order valence-corrected chi connectivity index (χ3v) is 3.49. The number of nitrogen functional groups attached to an aromatic ring is 1. The number of hydrogen-bond donors (Lipinski definition) is 3. The van der Waals surface area contributed by atoms with Gasteiger partial charge in [0.15, 0.2) is 0 Å². The lowest BCUT2D eigenvalue weighted by atomic mass is 10.0. The van der Waals surface area contributed by atoms with Crippen LogP contribution in [0.3, 0.4) is 0 Å². The van der Waals surface area contributed by atoms with Gasteiger partial charge in [0.05, 0.1) is 6.10 Å². The molecule has 1 aromatic rings. The summed E-state index contributed by atoms with van der Waals surface area (Å²) in [5.41, 5.74) is 2.58. The van der Waals surface area contributed by atoms with E-state index in [-0.39, 0.29) is 5.92 Å². The Labute approximate surface area is 114 Å². The van der Waals surface area contributed by atoms with E-state index in [0.29, 0.717) is 17.8 Å². The summed E-state index contributed by atoms with van der Waals surface area (Å²) in [6.07, 6.45) is 1.41. The summed E-state index contributed by atoms with van der Waals surface area (Å²) in [5, 5.41) is 3.36. The molecule has 2 rings (SSSR count). The maximum atomic E-state index is 5.56. The molecule has 2 atom stereocenters. The Hall–Kier alpha value is -1.40. The van der Waals surface area contributed by atoms with Crippen LogP contribution < -0.4 is 16.6 Å². The molecule has 0 amide bonds. The molecule has 4 N–H and O–H groups in total. The van der Waals surface area contributed by atoms with E-state index < -0.39 is 0 Å². The molecular weight excluding hydrogens is 242 g/mol. The van der Waals surface area contributed by atoms with Crippen LogP contribution in [-0.2, 0) is 4.74 Å². The molecule has 0 bridgehead atoms. The summed E-state index contributed by atoms with van der Waals surface area (Å²) < 4.78 is 5.56. The average molecular weight is 265 g/mol. The fourth-order valence-electron chi connectivity index (χ4n) is 2.17. The number of rotatable bonds is 5. The van der Waals surface area contributed by atoms with Crippen LogP contribution in [0.1, 0.15) is 38.9 Å². The van der Waals surface area contributed by atoms with E-state index in [1.165, 1.54) is 0 Å². The highest BCUT2D eigenvalue weighted by Crippen LogP contribution is 2.22. The first-order valence-electron chi connectivity index (χ1n) is 6.81. The van der Waals surface area contributed by atoms with Crippen molar-refractivity contribution >= 4 is 11.6 Å². The number of hydrazine groups is 1. The van der Waals surface area contributed by atoms with Gasteiger partial charge in [-0.1, -0.05) is 13.8 Å². The summed E-state index contributed by atoms with van der Waals surface area (Å²) in [6, 6.07) is 1.83. The van der Waals surface area contributed by atoms with Gasteiger partial charge < -0.3 is 15.5 Å². The van der Waals surface area contributed by atoms with Crippen molar-refractivity contribution in [2.45, 2.75) is 39.2 Å². The molecule has 1 saturated heterocycles. The quantitative estimate of drug-likeness (QED) is 0.555. The molecule has 1 aromatic heterocycles. The Morgan fingerprint density at radius 1 is 1.42 bits per heavy atom. The highest BCUT2D eigenvalue weighted by atomic mass is 16.5. The smallest absolute Gasteiger partial charge is 0.145 e. The molecule has 2 unspecified atom stereocenters. The summed E-state index contributed by atoms with van der Waals surface area (Å²) in [5.74, 6) is 8.47. The second-order valence-electron chi connectivity index (χ2n) is 5.30. The van der Waals surface area contributed by atoms with Crippen molar-refractivity contribution in [1.82, 2.24) is 9.97 Å². The molecule has 1 fully saturated rings. The zero-order valence-electron chi connectivity index (χ0n) is 11.8. The first kappa shape index (κ1) is 14.0. The molecule has 0 aromatic carbocycles. The van der Waals surface area contributed by atoms with Crippen LogP contribution in [0.15, 0.2) is 6.07 Å². The van der Waals surface area contributed by atoms with Gasteiger partial charge in [-0.15, -0.1) is 0 Å². The van der Waals surface area contributed by atoms with Crippen LogP contribution in [0.5, 0.6) is 0 Å². The lowest BCUT2D eigenvalue weighted by molar-refractivity contribution is 0.108. The van der Waals surface area contributed by atoms with Crippen molar-refractivity contribution in [2.24, 2.45) is 11.8 Å². The molecule has 0 aliphatic carbocycles. The number of nitrogens with zero attached hydrogens (tertiary/aromatic N) is 2. The molecule has 1 aliphatic rings. The summed E-state index contributed by atoms with van der Waals surface area (Å²) in [6.45, 7) is 7.95. The molecule has 0 spiro atoms. The first-order chi connectivity index (χ1) is 9.10. The highest BCUT2D eigenvalue weighted by molar-refractivity contribution is 5.47. The van der Waals surface area contributed by atoms with E-state index in [9.17, 15) is 0 Å². The van der Waals surface area contributed by atoms with Crippen molar-refractivity contribution in [3.8, 4) is 0 Å². The zero-order chi connectivity index (χ0) is 13.8. The Morgan fingerprint density at radius 2 is 2.16 bits per heavy atom. The Kier molecular flexibility index (Phi) is 4.55. The van der Waals surface area contributed by atoms with E-state index in [1.807, 2.05) is 6.07 Å². The van der Waals surface area contributed by atoms with Crippen LogP contribution in [0, 0.1) is 5.92 Å². The summed E-state index contributed by atoms with van der Waals surface area (Å²) in [7, 11) is 0. The van der Waals surface area contributed by atoms with Crippen LogP contribution >= 0.6 is 0 Å². The van der Waals surface area contributed by atoms with E-state index >= 15 is 0 Å². The van der Waals surface area contributed by atoms with E-state index in [0.717, 1.165) is 31.2 Å². The number of aromatic nitrogens is 2. The minimum Gasteiger partial charge on any atom is -0.378 e. The molecule has 106 valence electrons. The third kappa shape index (κ3) is 3.54. The second-order valence-corrected chi connectivity index (χ2v) is 5.30. The van der Waals surface area contributed by atoms with Gasteiger partial charge in [-0.25, -0.2) is 15.8 Å². The number of anilines is 2. The lowest BCUT2D eigenvalue weighted by Crippen LogP contribution is -2.21. The maximum absolute atomic E-state index is 5.56. The number of nitrogens with two attached hydrogens (primary N) is 1. The van der Waals surface area contributed by atoms with Crippen LogP contribution in [0.25, 0.3) is 0 Å². The van der Waals surface area contributed by atoms with Crippen LogP contribution in [-0.4, -0.2) is 29.2 Å². The highest BCUT2D eigenvalue weighted by Gasteiger charge is 2.23. The van der Waals surface area contributed by atoms with Gasteiger partial charge in [0.25, 0.3) is 0 Å². The summed E-state index contributed by atoms with van der Waals surface area (Å²) >= 11 is 0. The second kappa shape index (κ2) is 6.16. The van der Waals surface area contributed by atoms with Crippen molar-refractivity contribution < 1.29 is 4.74 Å². The zero-order valence-corrected chi connectivity index (χ0v) is 11.8. The van der Waals surface area contributed by atoms with Gasteiger partial charge in [0.2, 0.25) is 0 Å². The van der Waals surface area contributed by atoms with E-state index in [2.05, 4.69) is 41.5 Å². The number of ether oxygens (including phenoxy) is 1. The normalized spacial score (nSPS) is 22.8. The van der Waals surface area contributed by atoms with Gasteiger partial charge in [-0.3, -0.25) is 0 Å².